The second kappa shape index (κ2) is 8.02. The summed E-state index contributed by atoms with van der Waals surface area (Å²) in [6.45, 7) is 0.731. The monoisotopic (exact) mass is 389 g/mol. The number of nitrogens with zero attached hydrogens (tertiary/aromatic N) is 1. The molecule has 0 bridgehead atoms. The van der Waals surface area contributed by atoms with Gasteiger partial charge < -0.3 is 10.7 Å². The molecule has 3 heteroatoms. The van der Waals surface area contributed by atoms with Crippen LogP contribution in [0, 0.1) is 0 Å². The molecule has 5 rings (SSSR count). The van der Waals surface area contributed by atoms with Gasteiger partial charge in [0.15, 0.2) is 0 Å². The van der Waals surface area contributed by atoms with Gasteiger partial charge >= 0.3 is 0 Å². The predicted octanol–water partition coefficient (Wildman–Crippen LogP) is 5.93. The molecule has 0 atom stereocenters. The van der Waals surface area contributed by atoms with Gasteiger partial charge in [-0.2, -0.15) is 0 Å². The third kappa shape index (κ3) is 3.66. The van der Waals surface area contributed by atoms with Gasteiger partial charge in [-0.1, -0.05) is 41.8 Å². The quantitative estimate of drug-likeness (QED) is 0.317. The van der Waals surface area contributed by atoms with E-state index >= 15 is 0 Å². The standard InChI is InChI=1S/C27H23N3/c28-15-5-4-8-27-29-25-14-13-23(18-26(25)30-27)22-12-10-20-9-11-21(16-24(20)17-22)19-6-2-1-3-7-19/h2,6-7,9-14,16-18H,4-5,8,15,28H2,(H,29,30). The maximum atomic E-state index is 5.60. The highest BCUT2D eigenvalue weighted by molar-refractivity contribution is 5.92. The molecule has 4 aromatic rings. The van der Waals surface area contributed by atoms with Crippen molar-refractivity contribution in [2.75, 3.05) is 6.54 Å². The fourth-order valence-electron chi connectivity index (χ4n) is 3.93. The van der Waals surface area contributed by atoms with Crippen LogP contribution in [0.15, 0.2) is 84.3 Å². The Balaban J connectivity index is 1.48. The van der Waals surface area contributed by atoms with E-state index in [1.54, 1.807) is 0 Å². The van der Waals surface area contributed by atoms with Crippen molar-refractivity contribution in [3.63, 3.8) is 0 Å². The summed E-state index contributed by atoms with van der Waals surface area (Å²) < 4.78 is 0. The van der Waals surface area contributed by atoms with Crippen molar-refractivity contribution in [1.82, 2.24) is 9.97 Å². The van der Waals surface area contributed by atoms with Crippen LogP contribution in [0.3, 0.4) is 0 Å². The van der Waals surface area contributed by atoms with E-state index in [4.69, 9.17) is 10.7 Å². The molecule has 0 unspecified atom stereocenters. The Morgan fingerprint density at radius 2 is 1.63 bits per heavy atom. The highest BCUT2D eigenvalue weighted by Gasteiger charge is 2.07. The number of aromatic amines is 1. The molecule has 3 N–H and O–H groups in total. The number of nitrogens with one attached hydrogen (secondary N) is 1. The SMILES string of the molecule is NCCCCc1nc2ccc(-c3ccc4ccc(C5=CC=C=C=C5)cc4c3)cc2[nH]1. The summed E-state index contributed by atoms with van der Waals surface area (Å²) in [5, 5.41) is 2.46. The molecule has 0 aliphatic heterocycles. The summed E-state index contributed by atoms with van der Waals surface area (Å²) in [7, 11) is 0. The van der Waals surface area contributed by atoms with Crippen LogP contribution < -0.4 is 5.73 Å². The topological polar surface area (TPSA) is 54.7 Å². The van der Waals surface area contributed by atoms with Gasteiger partial charge in [-0.25, -0.2) is 4.98 Å². The summed E-state index contributed by atoms with van der Waals surface area (Å²) in [4.78, 5) is 8.19. The molecule has 3 aromatic carbocycles. The maximum Gasteiger partial charge on any atom is 0.107 e. The van der Waals surface area contributed by atoms with Crippen molar-refractivity contribution in [3.8, 4) is 11.1 Å². The Kier molecular flexibility index (Phi) is 4.93. The average Bonchev–Trinajstić information content (AvgIpc) is 3.21. The second-order valence-corrected chi connectivity index (χ2v) is 7.66. The van der Waals surface area contributed by atoms with Crippen LogP contribution in [-0.4, -0.2) is 16.5 Å². The molecule has 1 aromatic heterocycles. The number of benzene rings is 3. The molecule has 1 heterocycles. The van der Waals surface area contributed by atoms with Gasteiger partial charge in [0.2, 0.25) is 0 Å². The van der Waals surface area contributed by atoms with E-state index < -0.39 is 0 Å². The van der Waals surface area contributed by atoms with Crippen molar-refractivity contribution in [2.45, 2.75) is 19.3 Å². The first-order valence-electron chi connectivity index (χ1n) is 10.4. The Labute approximate surface area is 176 Å². The largest absolute Gasteiger partial charge is 0.342 e. The van der Waals surface area contributed by atoms with Gasteiger partial charge in [-0.15, -0.1) is 0 Å². The molecule has 3 nitrogen and oxygen atoms in total. The van der Waals surface area contributed by atoms with E-state index in [2.05, 4.69) is 77.1 Å². The smallest absolute Gasteiger partial charge is 0.107 e. The van der Waals surface area contributed by atoms with Crippen molar-refractivity contribution < 1.29 is 0 Å². The zero-order valence-corrected chi connectivity index (χ0v) is 16.8. The molecule has 0 saturated carbocycles. The molecular formula is C27H23N3. The highest BCUT2D eigenvalue weighted by Crippen LogP contribution is 2.29. The molecule has 0 amide bonds. The number of unbranched alkanes of at least 4 members (excludes halogenated alkanes) is 1. The Morgan fingerprint density at radius 1 is 0.833 bits per heavy atom. The summed E-state index contributed by atoms with van der Waals surface area (Å²) in [6, 6.07) is 19.7. The normalized spacial score (nSPS) is 12.8. The van der Waals surface area contributed by atoms with E-state index in [0.717, 1.165) is 48.2 Å². The predicted molar refractivity (Wildman–Crippen MR) is 125 cm³/mol. The number of hydrogen-bond donors (Lipinski definition) is 2. The summed E-state index contributed by atoms with van der Waals surface area (Å²) >= 11 is 0. The lowest BCUT2D eigenvalue weighted by Crippen LogP contribution is -1.99. The molecule has 30 heavy (non-hydrogen) atoms. The minimum Gasteiger partial charge on any atom is -0.342 e. The molecular weight excluding hydrogens is 366 g/mol. The van der Waals surface area contributed by atoms with Gasteiger partial charge in [0.25, 0.3) is 0 Å². The highest BCUT2D eigenvalue weighted by atomic mass is 14.9. The lowest BCUT2D eigenvalue weighted by molar-refractivity contribution is 0.724. The maximum absolute atomic E-state index is 5.60. The third-order valence-electron chi connectivity index (χ3n) is 5.56. The molecule has 1 aliphatic carbocycles. The third-order valence-corrected chi connectivity index (χ3v) is 5.56. The number of aromatic nitrogens is 2. The zero-order valence-electron chi connectivity index (χ0n) is 16.8. The number of imidazole rings is 1. The van der Waals surface area contributed by atoms with Crippen LogP contribution in [0.5, 0.6) is 0 Å². The Bertz CT molecular complexity index is 1370. The average molecular weight is 390 g/mol. The summed E-state index contributed by atoms with van der Waals surface area (Å²) in [6.07, 6.45) is 8.98. The van der Waals surface area contributed by atoms with Gasteiger partial charge in [-0.3, -0.25) is 0 Å². The molecule has 1 aliphatic rings. The number of allylic oxidation sites excluding steroid dienone is 4. The number of fused-ring (bicyclic) bond motifs is 2. The van der Waals surface area contributed by atoms with Crippen LogP contribution >= 0.6 is 0 Å². The van der Waals surface area contributed by atoms with Gasteiger partial charge in [0, 0.05) is 6.42 Å². The van der Waals surface area contributed by atoms with Gasteiger partial charge in [-0.05, 0) is 94.9 Å². The molecule has 0 fully saturated rings. The van der Waals surface area contributed by atoms with E-state index in [1.165, 1.54) is 27.5 Å². The lowest BCUT2D eigenvalue weighted by atomic mass is 9.97. The van der Waals surface area contributed by atoms with Crippen LogP contribution in [0.2, 0.25) is 0 Å². The number of H-pyrrole nitrogens is 1. The number of aryl methyl sites for hydroxylation is 1. The summed E-state index contributed by atoms with van der Waals surface area (Å²) in [5.74, 6) is 1.04. The van der Waals surface area contributed by atoms with Crippen LogP contribution in [0.4, 0.5) is 0 Å². The van der Waals surface area contributed by atoms with Crippen LogP contribution in [0.1, 0.15) is 24.2 Å². The molecule has 146 valence electrons. The van der Waals surface area contributed by atoms with E-state index in [1.807, 2.05) is 12.2 Å². The lowest BCUT2D eigenvalue weighted by Gasteiger charge is -2.08. The Morgan fingerprint density at radius 3 is 2.47 bits per heavy atom. The van der Waals surface area contributed by atoms with Crippen molar-refractivity contribution >= 4 is 27.4 Å². The fourth-order valence-corrected chi connectivity index (χ4v) is 3.93. The first-order chi connectivity index (χ1) is 14.8. The van der Waals surface area contributed by atoms with Crippen LogP contribution in [-0.2, 0) is 6.42 Å². The fraction of sp³-hybridized carbons (Fsp3) is 0.148. The zero-order chi connectivity index (χ0) is 20.3. The minimum absolute atomic E-state index is 0.731. The van der Waals surface area contributed by atoms with Crippen molar-refractivity contribution in [2.24, 2.45) is 5.73 Å². The number of rotatable bonds is 6. The molecule has 0 radical (unpaired) electrons. The summed E-state index contributed by atoms with van der Waals surface area (Å²) in [5.41, 5.74) is 18.4. The first-order valence-corrected chi connectivity index (χ1v) is 10.4. The molecule has 0 saturated heterocycles. The second-order valence-electron chi connectivity index (χ2n) is 7.66. The van der Waals surface area contributed by atoms with E-state index in [9.17, 15) is 0 Å². The minimum atomic E-state index is 0.731. The van der Waals surface area contributed by atoms with E-state index in [0.29, 0.717) is 0 Å². The Hall–Kier alpha value is -3.61. The molecule has 0 spiro atoms. The number of hydrogen-bond acceptors (Lipinski definition) is 2. The van der Waals surface area contributed by atoms with Crippen LogP contribution in [0.25, 0.3) is 38.5 Å². The van der Waals surface area contributed by atoms with Crippen molar-refractivity contribution in [1.29, 1.82) is 0 Å². The van der Waals surface area contributed by atoms with Gasteiger partial charge in [0.1, 0.15) is 5.82 Å². The van der Waals surface area contributed by atoms with E-state index in [-0.39, 0.29) is 0 Å². The first kappa shape index (κ1) is 18.4. The van der Waals surface area contributed by atoms with Gasteiger partial charge in [0.05, 0.1) is 11.0 Å². The number of nitrogens with two attached hydrogens (primary N) is 1. The van der Waals surface area contributed by atoms with Crippen molar-refractivity contribution in [3.05, 3.63) is 95.7 Å².